The van der Waals surface area contributed by atoms with Crippen molar-refractivity contribution >= 4 is 0 Å². The van der Waals surface area contributed by atoms with Gasteiger partial charge in [0.1, 0.15) is 18.3 Å². The van der Waals surface area contributed by atoms with E-state index in [0.717, 1.165) is 20.3 Å². The monoisotopic (exact) mass is 362 g/mol. The molecule has 8 nitrogen and oxygen atoms in total. The first kappa shape index (κ1) is 18.5. The van der Waals surface area contributed by atoms with Gasteiger partial charge in [-0.2, -0.15) is 0 Å². The van der Waals surface area contributed by atoms with Gasteiger partial charge in [-0.25, -0.2) is 4.79 Å². The molecule has 4 atom stereocenters. The largest absolute Gasteiger partial charge is 0.394 e. The molecule has 1 saturated heterocycles. The molecule has 0 aliphatic carbocycles. The van der Waals surface area contributed by atoms with E-state index in [0.29, 0.717) is 6.42 Å². The summed E-state index contributed by atoms with van der Waals surface area (Å²) in [5, 5.41) is 29.1. The van der Waals surface area contributed by atoms with Crippen LogP contribution in [0.3, 0.4) is 0 Å². The molecule has 1 aliphatic rings. The van der Waals surface area contributed by atoms with Crippen molar-refractivity contribution in [2.45, 2.75) is 44.4 Å². The number of rotatable bonds is 5. The Morgan fingerprint density at radius 1 is 1.08 bits per heavy atom. The summed E-state index contributed by atoms with van der Waals surface area (Å²) in [5.41, 5.74) is 1.02. The van der Waals surface area contributed by atoms with Crippen molar-refractivity contribution in [1.29, 1.82) is 0 Å². The molecular formula is C18H22N2O6. The third kappa shape index (κ3) is 3.49. The summed E-state index contributed by atoms with van der Waals surface area (Å²) in [5.74, 6) is 0. The van der Waals surface area contributed by atoms with Gasteiger partial charge in [-0.1, -0.05) is 29.8 Å². The van der Waals surface area contributed by atoms with E-state index in [-0.39, 0.29) is 6.54 Å². The number of aliphatic hydroxyl groups is 3. The molecule has 1 fully saturated rings. The maximum atomic E-state index is 12.7. The fourth-order valence-corrected chi connectivity index (χ4v) is 3.04. The van der Waals surface area contributed by atoms with Gasteiger partial charge in [0, 0.05) is 18.8 Å². The molecule has 2 aromatic rings. The molecule has 0 amide bonds. The quantitative estimate of drug-likeness (QED) is 0.640. The summed E-state index contributed by atoms with van der Waals surface area (Å²) in [6.45, 7) is 1.66. The molecule has 1 aromatic carbocycles. The Hall–Kier alpha value is -2.26. The van der Waals surface area contributed by atoms with E-state index in [9.17, 15) is 24.9 Å². The molecule has 3 N–H and O–H groups in total. The Balaban J connectivity index is 1.86. The minimum atomic E-state index is -1.38. The van der Waals surface area contributed by atoms with Crippen LogP contribution in [0.15, 0.2) is 46.1 Å². The minimum Gasteiger partial charge on any atom is -0.394 e. The van der Waals surface area contributed by atoms with Gasteiger partial charge >= 0.3 is 5.69 Å². The van der Waals surface area contributed by atoms with E-state index in [1.54, 1.807) is 0 Å². The number of aromatic nitrogens is 2. The Morgan fingerprint density at radius 3 is 2.38 bits per heavy atom. The second-order valence-electron chi connectivity index (χ2n) is 6.46. The third-order valence-corrected chi connectivity index (χ3v) is 4.63. The van der Waals surface area contributed by atoms with Crippen LogP contribution in [-0.4, -0.2) is 49.4 Å². The van der Waals surface area contributed by atoms with E-state index in [1.807, 2.05) is 31.2 Å². The maximum Gasteiger partial charge on any atom is 0.333 e. The first-order chi connectivity index (χ1) is 12.4. The normalized spacial score (nSPS) is 25.5. The van der Waals surface area contributed by atoms with Crippen molar-refractivity contribution < 1.29 is 20.1 Å². The molecule has 4 unspecified atom stereocenters. The predicted octanol–water partition coefficient (Wildman–Crippen LogP) is -0.827. The topological polar surface area (TPSA) is 114 Å². The Morgan fingerprint density at radius 2 is 1.77 bits per heavy atom. The summed E-state index contributed by atoms with van der Waals surface area (Å²) in [6.07, 6.45) is -3.13. The summed E-state index contributed by atoms with van der Waals surface area (Å²) in [7, 11) is 0. The number of aryl methyl sites for hydroxylation is 2. The zero-order chi connectivity index (χ0) is 18.8. The van der Waals surface area contributed by atoms with Gasteiger partial charge in [-0.15, -0.1) is 0 Å². The van der Waals surface area contributed by atoms with Gasteiger partial charge in [0.05, 0.1) is 6.61 Å². The molecule has 26 heavy (non-hydrogen) atoms. The zero-order valence-corrected chi connectivity index (χ0v) is 14.4. The predicted molar refractivity (Wildman–Crippen MR) is 92.9 cm³/mol. The van der Waals surface area contributed by atoms with Crippen LogP contribution in [0.25, 0.3) is 0 Å². The molecule has 0 radical (unpaired) electrons. The number of nitrogens with zero attached hydrogens (tertiary/aromatic N) is 2. The number of ether oxygens (including phenoxy) is 1. The van der Waals surface area contributed by atoms with E-state index in [4.69, 9.17) is 4.74 Å². The van der Waals surface area contributed by atoms with Crippen LogP contribution in [0.5, 0.6) is 0 Å². The molecule has 3 rings (SSSR count). The van der Waals surface area contributed by atoms with Crippen molar-refractivity contribution in [3.8, 4) is 0 Å². The molecule has 140 valence electrons. The molecule has 8 heteroatoms. The summed E-state index contributed by atoms with van der Waals surface area (Å²) < 4.78 is 7.50. The van der Waals surface area contributed by atoms with Gasteiger partial charge in [0.15, 0.2) is 6.23 Å². The Labute approximate surface area is 149 Å². The molecule has 0 spiro atoms. The lowest BCUT2D eigenvalue weighted by atomic mass is 10.1. The first-order valence-corrected chi connectivity index (χ1v) is 8.42. The number of benzene rings is 1. The smallest absolute Gasteiger partial charge is 0.333 e. The lowest BCUT2D eigenvalue weighted by Gasteiger charge is -2.18. The fourth-order valence-electron chi connectivity index (χ4n) is 3.04. The highest BCUT2D eigenvalue weighted by Gasteiger charge is 2.43. The highest BCUT2D eigenvalue weighted by atomic mass is 16.6. The van der Waals surface area contributed by atoms with Gasteiger partial charge in [-0.3, -0.25) is 13.9 Å². The molecular weight excluding hydrogens is 340 g/mol. The number of hydrogen-bond donors (Lipinski definition) is 3. The first-order valence-electron chi connectivity index (χ1n) is 8.42. The van der Waals surface area contributed by atoms with Crippen LogP contribution in [-0.2, 0) is 17.7 Å². The molecule has 0 saturated carbocycles. The standard InChI is InChI=1S/C18H22N2O6/c1-11-2-4-12(5-3-11)6-8-19-14(22)7-9-20(18(19)25)17-16(24)15(23)13(10-21)26-17/h2-5,7,9,13,15-17,21,23-24H,6,8,10H2,1H3. The summed E-state index contributed by atoms with van der Waals surface area (Å²) >= 11 is 0. The minimum absolute atomic E-state index is 0.177. The maximum absolute atomic E-state index is 12.7. The van der Waals surface area contributed by atoms with Crippen molar-refractivity contribution in [2.75, 3.05) is 6.61 Å². The van der Waals surface area contributed by atoms with Crippen LogP contribution >= 0.6 is 0 Å². The van der Waals surface area contributed by atoms with Crippen molar-refractivity contribution in [1.82, 2.24) is 9.13 Å². The average Bonchev–Trinajstić information content (AvgIpc) is 2.91. The SMILES string of the molecule is Cc1ccc(CCn2c(=O)ccn(C3OC(CO)C(O)C3O)c2=O)cc1. The van der Waals surface area contributed by atoms with E-state index < -0.39 is 42.4 Å². The van der Waals surface area contributed by atoms with E-state index >= 15 is 0 Å². The van der Waals surface area contributed by atoms with Crippen LogP contribution in [0.2, 0.25) is 0 Å². The Bertz CT molecular complexity index is 872. The van der Waals surface area contributed by atoms with E-state index in [2.05, 4.69) is 0 Å². The van der Waals surface area contributed by atoms with Crippen LogP contribution in [0, 0.1) is 6.92 Å². The molecule has 1 aromatic heterocycles. The second-order valence-corrected chi connectivity index (χ2v) is 6.46. The second kappa shape index (κ2) is 7.55. The summed E-state index contributed by atoms with van der Waals surface area (Å²) in [4.78, 5) is 24.8. The van der Waals surface area contributed by atoms with Gasteiger partial charge in [-0.05, 0) is 18.9 Å². The average molecular weight is 362 g/mol. The lowest BCUT2D eigenvalue weighted by Crippen LogP contribution is -2.43. The zero-order valence-electron chi connectivity index (χ0n) is 14.4. The van der Waals surface area contributed by atoms with Crippen molar-refractivity contribution in [3.63, 3.8) is 0 Å². The van der Waals surface area contributed by atoms with Gasteiger partial charge in [0.2, 0.25) is 0 Å². The molecule has 2 heterocycles. The van der Waals surface area contributed by atoms with Crippen molar-refractivity contribution in [2.24, 2.45) is 0 Å². The van der Waals surface area contributed by atoms with E-state index in [1.165, 1.54) is 12.3 Å². The number of hydrogen-bond acceptors (Lipinski definition) is 6. The molecule has 1 aliphatic heterocycles. The highest BCUT2D eigenvalue weighted by molar-refractivity contribution is 5.21. The molecule has 0 bridgehead atoms. The Kier molecular flexibility index (Phi) is 5.38. The lowest BCUT2D eigenvalue weighted by molar-refractivity contribution is -0.0556. The van der Waals surface area contributed by atoms with Crippen molar-refractivity contribution in [3.05, 3.63) is 68.5 Å². The van der Waals surface area contributed by atoms with Gasteiger partial charge in [0.25, 0.3) is 5.56 Å². The number of aliphatic hydroxyl groups excluding tert-OH is 3. The summed E-state index contributed by atoms with van der Waals surface area (Å²) in [6, 6.07) is 9.01. The van der Waals surface area contributed by atoms with Crippen LogP contribution in [0.4, 0.5) is 0 Å². The highest BCUT2D eigenvalue weighted by Crippen LogP contribution is 2.27. The van der Waals surface area contributed by atoms with Gasteiger partial charge < -0.3 is 20.1 Å². The van der Waals surface area contributed by atoms with Crippen LogP contribution < -0.4 is 11.2 Å². The third-order valence-electron chi connectivity index (χ3n) is 4.63. The van der Waals surface area contributed by atoms with Crippen LogP contribution in [0.1, 0.15) is 17.4 Å². The fraction of sp³-hybridized carbons (Fsp3) is 0.444.